The number of benzene rings is 3. The Labute approximate surface area is 161 Å². The third kappa shape index (κ3) is 4.20. The molecule has 0 fully saturated rings. The molecular formula is C22H19O4S+. The molecule has 4 nitrogen and oxygen atoms in total. The molecule has 0 spiro atoms. The topological polar surface area (TPSA) is 52.6 Å². The minimum atomic E-state index is -0.494. The first kappa shape index (κ1) is 18.7. The van der Waals surface area contributed by atoms with Crippen LogP contribution < -0.4 is 0 Å². The van der Waals surface area contributed by atoms with E-state index in [4.69, 9.17) is 9.47 Å². The van der Waals surface area contributed by atoms with Gasteiger partial charge in [-0.15, -0.1) is 0 Å². The highest BCUT2D eigenvalue weighted by Gasteiger charge is 2.30. The first-order valence-corrected chi connectivity index (χ1v) is 9.52. The van der Waals surface area contributed by atoms with Crippen LogP contribution in [0.15, 0.2) is 93.5 Å². The van der Waals surface area contributed by atoms with Gasteiger partial charge in [0, 0.05) is 12.1 Å². The Balaban J connectivity index is 2.22. The van der Waals surface area contributed by atoms with Gasteiger partial charge < -0.3 is 9.47 Å². The number of hydrogen-bond donors (Lipinski definition) is 0. The van der Waals surface area contributed by atoms with Gasteiger partial charge in [0.1, 0.15) is 0 Å². The maximum atomic E-state index is 12.2. The molecule has 0 heterocycles. The Morgan fingerprint density at radius 3 is 1.41 bits per heavy atom. The summed E-state index contributed by atoms with van der Waals surface area (Å²) in [5.74, 6) is -0.988. The molecule has 0 saturated carbocycles. The van der Waals surface area contributed by atoms with Gasteiger partial charge in [0.15, 0.2) is 14.7 Å². The summed E-state index contributed by atoms with van der Waals surface area (Å²) in [6.07, 6.45) is 0. The molecule has 3 aromatic rings. The molecule has 5 heteroatoms. The van der Waals surface area contributed by atoms with E-state index >= 15 is 0 Å². The van der Waals surface area contributed by atoms with E-state index in [9.17, 15) is 9.59 Å². The Kier molecular flexibility index (Phi) is 5.94. The molecule has 0 atom stereocenters. The highest BCUT2D eigenvalue weighted by molar-refractivity contribution is 7.97. The fourth-order valence-corrected chi connectivity index (χ4v) is 4.87. The summed E-state index contributed by atoms with van der Waals surface area (Å²) in [7, 11) is 2.15. The van der Waals surface area contributed by atoms with Crippen LogP contribution in [0.1, 0.15) is 20.7 Å². The molecule has 136 valence electrons. The summed E-state index contributed by atoms with van der Waals surface area (Å²) >= 11 is 0. The van der Waals surface area contributed by atoms with E-state index in [0.29, 0.717) is 11.1 Å². The predicted octanol–water partition coefficient (Wildman–Crippen LogP) is 4.36. The van der Waals surface area contributed by atoms with E-state index < -0.39 is 22.8 Å². The molecule has 0 aromatic heterocycles. The monoisotopic (exact) mass is 379 g/mol. The molecular weight excluding hydrogens is 360 g/mol. The number of carbonyl (C=O) groups excluding carboxylic acids is 2. The number of hydrogen-bond acceptors (Lipinski definition) is 4. The number of methoxy groups -OCH3 is 2. The Morgan fingerprint density at radius 1 is 0.630 bits per heavy atom. The third-order valence-electron chi connectivity index (χ3n) is 3.94. The van der Waals surface area contributed by atoms with Crippen molar-refractivity contribution < 1.29 is 19.1 Å². The second-order valence-corrected chi connectivity index (χ2v) is 7.69. The fraction of sp³-hybridized carbons (Fsp3) is 0.0909. The number of esters is 2. The van der Waals surface area contributed by atoms with E-state index in [1.165, 1.54) is 20.3 Å². The van der Waals surface area contributed by atoms with Crippen LogP contribution in [0.25, 0.3) is 0 Å². The van der Waals surface area contributed by atoms with Gasteiger partial charge in [-0.1, -0.05) is 36.4 Å². The van der Waals surface area contributed by atoms with Crippen LogP contribution in [-0.4, -0.2) is 26.2 Å². The van der Waals surface area contributed by atoms with Gasteiger partial charge in [0.25, 0.3) is 0 Å². The standard InChI is InChI=1S/C22H19O4S/c1-25-21(23)16-13-17(22(24)26-2)15-20(14-16)27(18-9-5-3-6-10-18)19-11-7-4-8-12-19/h3-15H,1-2H3/q+1. The van der Waals surface area contributed by atoms with Gasteiger partial charge in [-0.2, -0.15) is 0 Å². The second kappa shape index (κ2) is 8.56. The second-order valence-electron chi connectivity index (χ2n) is 5.66. The zero-order valence-electron chi connectivity index (χ0n) is 15.0. The van der Waals surface area contributed by atoms with Crippen molar-refractivity contribution >= 4 is 22.8 Å². The molecule has 0 aliphatic carbocycles. The van der Waals surface area contributed by atoms with Gasteiger partial charge >= 0.3 is 11.9 Å². The molecule has 0 amide bonds. The number of carbonyl (C=O) groups is 2. The van der Waals surface area contributed by atoms with Crippen LogP contribution >= 0.6 is 0 Å². The lowest BCUT2D eigenvalue weighted by atomic mass is 10.1. The maximum Gasteiger partial charge on any atom is 0.338 e. The van der Waals surface area contributed by atoms with E-state index in [-0.39, 0.29) is 0 Å². The molecule has 0 radical (unpaired) electrons. The summed E-state index contributed by atoms with van der Waals surface area (Å²) in [5, 5.41) is 0. The minimum absolute atomic E-state index is 0.319. The summed E-state index contributed by atoms with van der Waals surface area (Å²) in [6, 6.07) is 25.0. The van der Waals surface area contributed by atoms with E-state index in [1.807, 2.05) is 60.7 Å². The fourth-order valence-electron chi connectivity index (χ4n) is 2.71. The van der Waals surface area contributed by atoms with Crippen molar-refractivity contribution in [2.75, 3.05) is 14.2 Å². The lowest BCUT2D eigenvalue weighted by molar-refractivity contribution is 0.0598. The van der Waals surface area contributed by atoms with Crippen molar-refractivity contribution in [3.8, 4) is 0 Å². The van der Waals surface area contributed by atoms with Crippen LogP contribution in [0.2, 0.25) is 0 Å². The van der Waals surface area contributed by atoms with Crippen molar-refractivity contribution in [2.45, 2.75) is 14.7 Å². The average molecular weight is 379 g/mol. The van der Waals surface area contributed by atoms with Crippen molar-refractivity contribution in [3.63, 3.8) is 0 Å². The molecule has 0 N–H and O–H groups in total. The van der Waals surface area contributed by atoms with Crippen molar-refractivity contribution in [3.05, 3.63) is 90.0 Å². The van der Waals surface area contributed by atoms with Crippen LogP contribution in [0.5, 0.6) is 0 Å². The molecule has 0 aliphatic rings. The molecule has 0 unspecified atom stereocenters. The van der Waals surface area contributed by atoms with Crippen molar-refractivity contribution in [2.24, 2.45) is 0 Å². The van der Waals surface area contributed by atoms with Crippen LogP contribution in [0.4, 0.5) is 0 Å². The first-order chi connectivity index (χ1) is 13.1. The highest BCUT2D eigenvalue weighted by atomic mass is 32.2. The minimum Gasteiger partial charge on any atom is -0.465 e. The SMILES string of the molecule is COC(=O)c1cc(C(=O)OC)cc([S+](c2ccccc2)c2ccccc2)c1. The summed E-state index contributed by atoms with van der Waals surface area (Å²) in [6.45, 7) is 0. The summed E-state index contributed by atoms with van der Waals surface area (Å²) in [5.41, 5.74) is 0.638. The zero-order chi connectivity index (χ0) is 19.2. The summed E-state index contributed by atoms with van der Waals surface area (Å²) in [4.78, 5) is 27.3. The van der Waals surface area contributed by atoms with Crippen LogP contribution in [0, 0.1) is 0 Å². The lowest BCUT2D eigenvalue weighted by Gasteiger charge is -2.10. The molecule has 0 bridgehead atoms. The van der Waals surface area contributed by atoms with E-state index in [1.54, 1.807) is 12.1 Å². The first-order valence-electron chi connectivity index (χ1n) is 8.30. The largest absolute Gasteiger partial charge is 0.465 e. The van der Waals surface area contributed by atoms with Gasteiger partial charge in [0.05, 0.1) is 36.2 Å². The quantitative estimate of drug-likeness (QED) is 0.488. The Bertz CT molecular complexity index is 865. The van der Waals surface area contributed by atoms with Crippen molar-refractivity contribution in [1.82, 2.24) is 0 Å². The van der Waals surface area contributed by atoms with E-state index in [0.717, 1.165) is 14.7 Å². The number of ether oxygens (including phenoxy) is 2. The Hall–Kier alpha value is -3.05. The molecule has 27 heavy (non-hydrogen) atoms. The third-order valence-corrected chi connectivity index (χ3v) is 6.14. The van der Waals surface area contributed by atoms with Crippen molar-refractivity contribution in [1.29, 1.82) is 0 Å². The van der Waals surface area contributed by atoms with Gasteiger partial charge in [-0.25, -0.2) is 9.59 Å². The predicted molar refractivity (Wildman–Crippen MR) is 104 cm³/mol. The Morgan fingerprint density at radius 2 is 1.04 bits per heavy atom. The average Bonchev–Trinajstić information content (AvgIpc) is 2.74. The number of rotatable bonds is 5. The molecule has 3 aromatic carbocycles. The lowest BCUT2D eigenvalue weighted by Crippen LogP contribution is -2.11. The highest BCUT2D eigenvalue weighted by Crippen LogP contribution is 2.32. The summed E-state index contributed by atoms with van der Waals surface area (Å²) < 4.78 is 9.73. The van der Waals surface area contributed by atoms with Crippen LogP contribution in [-0.2, 0) is 20.4 Å². The molecule has 0 aliphatic heterocycles. The molecule has 3 rings (SSSR count). The van der Waals surface area contributed by atoms with Gasteiger partial charge in [0.2, 0.25) is 0 Å². The van der Waals surface area contributed by atoms with Gasteiger partial charge in [-0.05, 0) is 30.3 Å². The van der Waals surface area contributed by atoms with Gasteiger partial charge in [-0.3, -0.25) is 0 Å². The smallest absolute Gasteiger partial charge is 0.338 e. The normalized spacial score (nSPS) is 10.5. The maximum absolute atomic E-state index is 12.2. The van der Waals surface area contributed by atoms with Crippen LogP contribution in [0.3, 0.4) is 0 Å². The molecule has 0 saturated heterocycles. The zero-order valence-corrected chi connectivity index (χ0v) is 15.9. The van der Waals surface area contributed by atoms with E-state index in [2.05, 4.69) is 0 Å².